The summed E-state index contributed by atoms with van der Waals surface area (Å²) in [4.78, 5) is 12.2. The van der Waals surface area contributed by atoms with Crippen LogP contribution in [-0.2, 0) is 10.0 Å². The second kappa shape index (κ2) is 6.61. The zero-order valence-corrected chi connectivity index (χ0v) is 14.6. The fraction of sp³-hybridized carbons (Fsp3) is 0.500. The topological polar surface area (TPSA) is 95.8 Å². The third-order valence-corrected chi connectivity index (χ3v) is 6.37. The molecule has 0 bridgehead atoms. The fourth-order valence-corrected chi connectivity index (χ4v) is 4.34. The number of non-ortho nitro benzene ring substituents is 1. The normalized spacial score (nSPS) is 19.1. The number of hydrogen-bond acceptors (Lipinski definition) is 5. The molecule has 1 saturated heterocycles. The number of hydrogen-bond donors (Lipinski definition) is 1. The van der Waals surface area contributed by atoms with Crippen molar-refractivity contribution in [2.75, 3.05) is 26.2 Å². The van der Waals surface area contributed by atoms with E-state index in [0.29, 0.717) is 37.3 Å². The average Bonchev–Trinajstić information content (AvgIpc) is 3.39. The van der Waals surface area contributed by atoms with Crippen molar-refractivity contribution in [2.45, 2.75) is 23.8 Å². The van der Waals surface area contributed by atoms with E-state index in [1.807, 2.05) is 4.90 Å². The van der Waals surface area contributed by atoms with Crippen LogP contribution in [0.5, 0.6) is 0 Å². The van der Waals surface area contributed by atoms with Crippen LogP contribution in [0.15, 0.2) is 29.2 Å². The van der Waals surface area contributed by atoms with Crippen LogP contribution in [0.4, 0.5) is 5.69 Å². The molecule has 3 rings (SSSR count). The summed E-state index contributed by atoms with van der Waals surface area (Å²) in [5, 5.41) is 14.8. The highest BCUT2D eigenvalue weighted by atomic mass is 32.2. The van der Waals surface area contributed by atoms with Crippen molar-refractivity contribution in [3.05, 3.63) is 34.4 Å². The van der Waals surface area contributed by atoms with Crippen LogP contribution < -0.4 is 5.32 Å². The number of nitrogens with one attached hydrogen (secondary N) is 1. The number of nitrogens with zero attached hydrogens (tertiary/aromatic N) is 3. The van der Waals surface area contributed by atoms with E-state index >= 15 is 0 Å². The number of nitro benzene ring substituents is 1. The highest BCUT2D eigenvalue weighted by molar-refractivity contribution is 7.89. The van der Waals surface area contributed by atoms with Crippen molar-refractivity contribution in [1.29, 1.82) is 0 Å². The third-order valence-electron chi connectivity index (χ3n) is 4.10. The molecule has 1 aromatic rings. The van der Waals surface area contributed by atoms with Crippen molar-refractivity contribution >= 4 is 33.0 Å². The molecule has 24 heavy (non-hydrogen) atoms. The molecule has 1 aromatic carbocycles. The minimum absolute atomic E-state index is 0.0520. The summed E-state index contributed by atoms with van der Waals surface area (Å²) < 4.78 is 26.7. The average molecular weight is 370 g/mol. The molecular weight excluding hydrogens is 352 g/mol. The van der Waals surface area contributed by atoms with Crippen LogP contribution in [-0.4, -0.2) is 59.9 Å². The van der Waals surface area contributed by atoms with Crippen molar-refractivity contribution in [3.63, 3.8) is 0 Å². The van der Waals surface area contributed by atoms with E-state index in [0.717, 1.165) is 18.9 Å². The molecular formula is C14H18N4O4S2. The first-order valence-corrected chi connectivity index (χ1v) is 9.53. The van der Waals surface area contributed by atoms with Gasteiger partial charge in [0.05, 0.1) is 9.82 Å². The number of benzene rings is 1. The highest BCUT2D eigenvalue weighted by Crippen LogP contribution is 2.23. The first-order chi connectivity index (χ1) is 11.4. The van der Waals surface area contributed by atoms with E-state index in [9.17, 15) is 18.5 Å². The van der Waals surface area contributed by atoms with Crippen LogP contribution >= 0.6 is 12.2 Å². The third kappa shape index (κ3) is 3.65. The van der Waals surface area contributed by atoms with Gasteiger partial charge in [0.25, 0.3) is 5.69 Å². The summed E-state index contributed by atoms with van der Waals surface area (Å²) in [5.74, 6) is 0. The van der Waals surface area contributed by atoms with Gasteiger partial charge in [-0.2, -0.15) is 4.31 Å². The van der Waals surface area contributed by atoms with Crippen molar-refractivity contribution in [2.24, 2.45) is 0 Å². The van der Waals surface area contributed by atoms with Gasteiger partial charge in [0.1, 0.15) is 0 Å². The van der Waals surface area contributed by atoms with Gasteiger partial charge in [-0.25, -0.2) is 8.42 Å². The van der Waals surface area contributed by atoms with Crippen LogP contribution in [0, 0.1) is 10.1 Å². The van der Waals surface area contributed by atoms with Gasteiger partial charge >= 0.3 is 0 Å². The number of nitro groups is 1. The minimum Gasteiger partial charge on any atom is -0.360 e. The molecule has 0 radical (unpaired) electrons. The van der Waals surface area contributed by atoms with Gasteiger partial charge in [-0.05, 0) is 31.1 Å². The molecule has 0 spiro atoms. The van der Waals surface area contributed by atoms with Crippen molar-refractivity contribution < 1.29 is 13.3 Å². The molecule has 2 aliphatic rings. The van der Waals surface area contributed by atoms with E-state index in [2.05, 4.69) is 5.32 Å². The summed E-state index contributed by atoms with van der Waals surface area (Å²) in [6.45, 7) is 1.62. The lowest BCUT2D eigenvalue weighted by Crippen LogP contribution is -2.53. The van der Waals surface area contributed by atoms with Crippen LogP contribution in [0.25, 0.3) is 0 Å². The van der Waals surface area contributed by atoms with Gasteiger partial charge in [0.2, 0.25) is 10.0 Å². The van der Waals surface area contributed by atoms with E-state index in [1.54, 1.807) is 0 Å². The summed E-state index contributed by atoms with van der Waals surface area (Å²) in [6.07, 6.45) is 2.25. The van der Waals surface area contributed by atoms with Gasteiger partial charge in [-0.15, -0.1) is 0 Å². The first kappa shape index (κ1) is 17.1. The maximum Gasteiger partial charge on any atom is 0.270 e. The number of thiocarbonyl (C=S) groups is 1. The Labute approximate surface area is 145 Å². The standard InChI is InChI=1S/C14H18N4O4S2/c19-18(20)12-2-1-3-13(10-12)24(21,22)17-8-6-16(7-9-17)14(23)15-11-4-5-11/h1-3,10-11H,4-9H2,(H,15,23). The lowest BCUT2D eigenvalue weighted by Gasteiger charge is -2.35. The predicted molar refractivity (Wildman–Crippen MR) is 92.2 cm³/mol. The molecule has 130 valence electrons. The molecule has 1 aliphatic carbocycles. The molecule has 1 heterocycles. The largest absolute Gasteiger partial charge is 0.360 e. The Morgan fingerprint density at radius 1 is 1.25 bits per heavy atom. The van der Waals surface area contributed by atoms with Crippen LogP contribution in [0.1, 0.15) is 12.8 Å². The Morgan fingerprint density at radius 3 is 2.50 bits per heavy atom. The molecule has 10 heteroatoms. The minimum atomic E-state index is -3.74. The number of piperazine rings is 1. The zero-order valence-electron chi connectivity index (χ0n) is 12.9. The van der Waals surface area contributed by atoms with Crippen molar-refractivity contribution in [1.82, 2.24) is 14.5 Å². The van der Waals surface area contributed by atoms with Gasteiger partial charge in [0, 0.05) is 44.4 Å². The molecule has 2 fully saturated rings. The summed E-state index contributed by atoms with van der Waals surface area (Å²) >= 11 is 5.33. The fourth-order valence-electron chi connectivity index (χ4n) is 2.53. The smallest absolute Gasteiger partial charge is 0.270 e. The summed E-state index contributed by atoms with van der Waals surface area (Å²) in [6, 6.07) is 5.60. The molecule has 1 N–H and O–H groups in total. The lowest BCUT2D eigenvalue weighted by atomic mass is 10.3. The summed E-state index contributed by atoms with van der Waals surface area (Å²) in [7, 11) is -3.74. The van der Waals surface area contributed by atoms with Crippen LogP contribution in [0.3, 0.4) is 0 Å². The molecule has 1 aliphatic heterocycles. The molecule has 0 amide bonds. The van der Waals surface area contributed by atoms with E-state index in [4.69, 9.17) is 12.2 Å². The second-order valence-electron chi connectivity index (χ2n) is 5.87. The van der Waals surface area contributed by atoms with Crippen LogP contribution in [0.2, 0.25) is 0 Å². The summed E-state index contributed by atoms with van der Waals surface area (Å²) in [5.41, 5.74) is -0.232. The molecule has 8 nitrogen and oxygen atoms in total. The van der Waals surface area contributed by atoms with E-state index < -0.39 is 14.9 Å². The number of sulfonamides is 1. The molecule has 0 atom stereocenters. The van der Waals surface area contributed by atoms with E-state index in [-0.39, 0.29) is 10.6 Å². The maximum absolute atomic E-state index is 12.7. The predicted octanol–water partition coefficient (Wildman–Crippen LogP) is 0.938. The van der Waals surface area contributed by atoms with Gasteiger partial charge < -0.3 is 10.2 Å². The second-order valence-corrected chi connectivity index (χ2v) is 8.19. The maximum atomic E-state index is 12.7. The zero-order chi connectivity index (χ0) is 17.3. The van der Waals surface area contributed by atoms with E-state index in [1.165, 1.54) is 22.5 Å². The van der Waals surface area contributed by atoms with Gasteiger partial charge in [-0.3, -0.25) is 10.1 Å². The Kier molecular flexibility index (Phi) is 4.70. The van der Waals surface area contributed by atoms with Gasteiger partial charge in [-0.1, -0.05) is 6.07 Å². The molecule has 1 saturated carbocycles. The Hall–Kier alpha value is -1.78. The van der Waals surface area contributed by atoms with Crippen molar-refractivity contribution in [3.8, 4) is 0 Å². The first-order valence-electron chi connectivity index (χ1n) is 7.68. The Morgan fingerprint density at radius 2 is 1.92 bits per heavy atom. The quantitative estimate of drug-likeness (QED) is 0.479. The molecule has 0 unspecified atom stereocenters. The lowest BCUT2D eigenvalue weighted by molar-refractivity contribution is -0.385. The number of rotatable bonds is 4. The van der Waals surface area contributed by atoms with Gasteiger partial charge in [0.15, 0.2) is 5.11 Å². The SMILES string of the molecule is O=[N+]([O-])c1cccc(S(=O)(=O)N2CCN(C(=S)NC3CC3)CC2)c1. The monoisotopic (exact) mass is 370 g/mol. The highest BCUT2D eigenvalue weighted by Gasteiger charge is 2.31. The molecule has 0 aromatic heterocycles. The Balaban J connectivity index is 1.67. The Bertz CT molecular complexity index is 756.